The van der Waals surface area contributed by atoms with Crippen molar-refractivity contribution in [2.24, 2.45) is 0 Å². The second kappa shape index (κ2) is 8.27. The van der Waals surface area contributed by atoms with Crippen LogP contribution in [0.5, 0.6) is 17.4 Å². The highest BCUT2D eigenvalue weighted by atomic mass is 19.1. The molecule has 10 heteroatoms. The fourth-order valence-electron chi connectivity index (χ4n) is 3.93. The molecule has 0 radical (unpaired) electrons. The Morgan fingerprint density at radius 2 is 2.09 bits per heavy atom. The molecule has 0 fully saturated rings. The van der Waals surface area contributed by atoms with Crippen molar-refractivity contribution < 1.29 is 18.6 Å². The van der Waals surface area contributed by atoms with Crippen LogP contribution in [0.3, 0.4) is 0 Å². The normalized spacial score (nSPS) is 12.2. The van der Waals surface area contributed by atoms with Crippen LogP contribution in [0.15, 0.2) is 36.8 Å². The van der Waals surface area contributed by atoms with Crippen molar-refractivity contribution >= 4 is 11.6 Å². The number of imidazole rings is 1. The first-order chi connectivity index (χ1) is 16.1. The zero-order chi connectivity index (χ0) is 22.9. The molecular weight excluding hydrogens is 427 g/mol. The molecule has 1 aliphatic rings. The lowest BCUT2D eigenvalue weighted by Crippen LogP contribution is -2.10. The van der Waals surface area contributed by atoms with E-state index in [0.717, 1.165) is 5.56 Å². The number of anilines is 1. The molecule has 5 rings (SSSR count). The van der Waals surface area contributed by atoms with Gasteiger partial charge in [0.2, 0.25) is 11.8 Å². The number of methoxy groups -OCH3 is 2. The van der Waals surface area contributed by atoms with Crippen LogP contribution in [-0.4, -0.2) is 40.2 Å². The van der Waals surface area contributed by atoms with Crippen molar-refractivity contribution in [1.82, 2.24) is 19.4 Å². The van der Waals surface area contributed by atoms with Gasteiger partial charge in [-0.15, -0.1) is 0 Å². The molecular formula is C23H19FN6O3. The smallest absolute Gasteiger partial charge is 0.213 e. The number of hydrogen-bond acceptors (Lipinski definition) is 8. The summed E-state index contributed by atoms with van der Waals surface area (Å²) in [6.45, 7) is 0.736. The van der Waals surface area contributed by atoms with E-state index < -0.39 is 0 Å². The van der Waals surface area contributed by atoms with Gasteiger partial charge in [-0.25, -0.2) is 19.3 Å². The summed E-state index contributed by atoms with van der Waals surface area (Å²) in [5.74, 6) is 1.71. The zero-order valence-electron chi connectivity index (χ0n) is 17.9. The van der Waals surface area contributed by atoms with E-state index in [9.17, 15) is 9.65 Å². The van der Waals surface area contributed by atoms with Gasteiger partial charge in [0.1, 0.15) is 23.4 Å². The summed E-state index contributed by atoms with van der Waals surface area (Å²) in [7, 11) is 3.06. The summed E-state index contributed by atoms with van der Waals surface area (Å²) in [5.41, 5.74) is 3.37. The van der Waals surface area contributed by atoms with E-state index in [1.54, 1.807) is 35.1 Å². The van der Waals surface area contributed by atoms with E-state index >= 15 is 0 Å². The van der Waals surface area contributed by atoms with Gasteiger partial charge in [0.25, 0.3) is 0 Å². The minimum Gasteiger partial charge on any atom is -0.494 e. The Bertz CT molecular complexity index is 1410. The third-order valence-corrected chi connectivity index (χ3v) is 5.53. The highest BCUT2D eigenvalue weighted by molar-refractivity contribution is 5.82. The van der Waals surface area contributed by atoms with E-state index in [4.69, 9.17) is 14.2 Å². The van der Waals surface area contributed by atoms with Gasteiger partial charge >= 0.3 is 0 Å². The first-order valence-corrected chi connectivity index (χ1v) is 10.2. The number of nitrogens with zero attached hydrogens (tertiary/aromatic N) is 5. The highest BCUT2D eigenvalue weighted by Crippen LogP contribution is 2.35. The maximum Gasteiger partial charge on any atom is 0.213 e. The maximum absolute atomic E-state index is 14.6. The van der Waals surface area contributed by atoms with Crippen molar-refractivity contribution in [2.75, 3.05) is 26.1 Å². The number of rotatable bonds is 6. The fourth-order valence-corrected chi connectivity index (χ4v) is 3.93. The molecule has 0 atom stereocenters. The second-order valence-electron chi connectivity index (χ2n) is 7.31. The minimum atomic E-state index is -0.309. The van der Waals surface area contributed by atoms with Crippen LogP contribution < -0.4 is 19.5 Å². The van der Waals surface area contributed by atoms with Crippen LogP contribution in [0.4, 0.5) is 10.3 Å². The Hall–Kier alpha value is -4.39. The number of ether oxygens (including phenoxy) is 3. The summed E-state index contributed by atoms with van der Waals surface area (Å²) >= 11 is 0. The average molecular weight is 446 g/mol. The topological polar surface area (TPSA) is 107 Å². The molecule has 0 amide bonds. The molecule has 0 saturated carbocycles. The molecule has 0 saturated heterocycles. The molecule has 4 heterocycles. The SMILES string of the molecule is COc1cc(-c2cnc(NCc3c(F)ccc4c3CCO4)n3cc(C#N)nc23)c(OC)cn1. The summed E-state index contributed by atoms with van der Waals surface area (Å²) in [5, 5.41) is 12.6. The Balaban J connectivity index is 1.58. The molecule has 3 aromatic heterocycles. The van der Waals surface area contributed by atoms with Crippen molar-refractivity contribution in [3.63, 3.8) is 0 Å². The molecule has 0 unspecified atom stereocenters. The highest BCUT2D eigenvalue weighted by Gasteiger charge is 2.21. The minimum absolute atomic E-state index is 0.201. The molecule has 166 valence electrons. The van der Waals surface area contributed by atoms with Crippen molar-refractivity contribution in [3.05, 3.63) is 59.4 Å². The number of hydrogen-bond donors (Lipinski definition) is 1. The Morgan fingerprint density at radius 1 is 1.21 bits per heavy atom. The summed E-state index contributed by atoms with van der Waals surface area (Å²) in [6.07, 6.45) is 5.40. The number of halogens is 1. The van der Waals surface area contributed by atoms with E-state index in [1.807, 2.05) is 0 Å². The number of nitriles is 1. The third kappa shape index (κ3) is 3.53. The lowest BCUT2D eigenvalue weighted by Gasteiger charge is -2.14. The number of aromatic nitrogens is 4. The van der Waals surface area contributed by atoms with Gasteiger partial charge in [-0.3, -0.25) is 4.40 Å². The molecule has 0 aliphatic carbocycles. The van der Waals surface area contributed by atoms with E-state index in [0.29, 0.717) is 58.7 Å². The Kier molecular flexibility index (Phi) is 5.14. The van der Waals surface area contributed by atoms with E-state index in [-0.39, 0.29) is 18.1 Å². The molecule has 1 aliphatic heterocycles. The summed E-state index contributed by atoms with van der Waals surface area (Å²) < 4.78 is 32.5. The molecule has 1 aromatic carbocycles. The number of benzene rings is 1. The van der Waals surface area contributed by atoms with Crippen LogP contribution in [0, 0.1) is 17.1 Å². The Morgan fingerprint density at radius 3 is 2.88 bits per heavy atom. The predicted molar refractivity (Wildman–Crippen MR) is 117 cm³/mol. The van der Waals surface area contributed by atoms with Crippen LogP contribution in [-0.2, 0) is 13.0 Å². The standard InChI is InChI=1S/C23H19FN6O3/c1-31-20-11-26-21(32-2)7-15(20)17-10-28-23(30-12-13(8-25)29-22(17)30)27-9-16-14-5-6-33-19(14)4-3-18(16)24/h3-4,7,10-12H,5-6,9H2,1-2H3,(H,27,28). The lowest BCUT2D eigenvalue weighted by atomic mass is 10.0. The van der Waals surface area contributed by atoms with Gasteiger partial charge in [-0.1, -0.05) is 0 Å². The quantitative estimate of drug-likeness (QED) is 0.481. The van der Waals surface area contributed by atoms with Gasteiger partial charge in [-0.2, -0.15) is 5.26 Å². The first kappa shape index (κ1) is 20.5. The summed E-state index contributed by atoms with van der Waals surface area (Å²) in [4.78, 5) is 13.1. The molecule has 33 heavy (non-hydrogen) atoms. The van der Waals surface area contributed by atoms with Crippen LogP contribution in [0.25, 0.3) is 16.8 Å². The van der Waals surface area contributed by atoms with Gasteiger partial charge in [0.15, 0.2) is 11.3 Å². The number of nitrogens with one attached hydrogen (secondary N) is 1. The van der Waals surface area contributed by atoms with Gasteiger partial charge in [0, 0.05) is 47.5 Å². The molecule has 9 nitrogen and oxygen atoms in total. The number of pyridine rings is 1. The maximum atomic E-state index is 14.6. The third-order valence-electron chi connectivity index (χ3n) is 5.53. The average Bonchev–Trinajstić information content (AvgIpc) is 3.50. The summed E-state index contributed by atoms with van der Waals surface area (Å²) in [6, 6.07) is 6.83. The van der Waals surface area contributed by atoms with E-state index in [1.165, 1.54) is 20.3 Å². The van der Waals surface area contributed by atoms with Gasteiger partial charge in [-0.05, 0) is 12.1 Å². The fraction of sp³-hybridized carbons (Fsp3) is 0.217. The molecule has 0 bridgehead atoms. The van der Waals surface area contributed by atoms with Crippen LogP contribution >= 0.6 is 0 Å². The van der Waals surface area contributed by atoms with Gasteiger partial charge < -0.3 is 19.5 Å². The molecule has 0 spiro atoms. The second-order valence-corrected chi connectivity index (χ2v) is 7.31. The monoisotopic (exact) mass is 446 g/mol. The van der Waals surface area contributed by atoms with Crippen molar-refractivity contribution in [3.8, 4) is 34.6 Å². The van der Waals surface area contributed by atoms with E-state index in [2.05, 4.69) is 26.3 Å². The van der Waals surface area contributed by atoms with Gasteiger partial charge in [0.05, 0.1) is 33.2 Å². The van der Waals surface area contributed by atoms with Crippen molar-refractivity contribution in [2.45, 2.75) is 13.0 Å². The van der Waals surface area contributed by atoms with Crippen molar-refractivity contribution in [1.29, 1.82) is 5.26 Å². The lowest BCUT2D eigenvalue weighted by molar-refractivity contribution is 0.356. The van der Waals surface area contributed by atoms with Crippen LogP contribution in [0.2, 0.25) is 0 Å². The Labute approximate surface area is 188 Å². The largest absolute Gasteiger partial charge is 0.494 e. The molecule has 4 aromatic rings. The number of fused-ring (bicyclic) bond motifs is 2. The first-order valence-electron chi connectivity index (χ1n) is 10.2. The zero-order valence-corrected chi connectivity index (χ0v) is 17.9. The predicted octanol–water partition coefficient (Wildman–Crippen LogP) is 3.37. The van der Waals surface area contributed by atoms with Crippen LogP contribution in [0.1, 0.15) is 16.8 Å². The molecule has 1 N–H and O–H groups in total.